The molecule has 0 atom stereocenters. The fraction of sp³-hybridized carbons (Fsp3) is 0.500. The van der Waals surface area contributed by atoms with E-state index in [2.05, 4.69) is 0 Å². The van der Waals surface area contributed by atoms with E-state index in [4.69, 9.17) is 18.9 Å². The average molecular weight is 224 g/mol. The highest BCUT2D eigenvalue weighted by molar-refractivity contribution is 5.41. The SMILES string of the molecule is COc1cc(OC)cc(C2(OC)COC2)c1. The van der Waals surface area contributed by atoms with Gasteiger partial charge >= 0.3 is 0 Å². The van der Waals surface area contributed by atoms with Crippen molar-refractivity contribution in [3.8, 4) is 11.5 Å². The second kappa shape index (κ2) is 4.31. The molecule has 1 saturated heterocycles. The molecule has 0 amide bonds. The molecule has 0 unspecified atom stereocenters. The van der Waals surface area contributed by atoms with Crippen molar-refractivity contribution < 1.29 is 18.9 Å². The lowest BCUT2D eigenvalue weighted by Gasteiger charge is -2.40. The molecular weight excluding hydrogens is 208 g/mol. The van der Waals surface area contributed by atoms with Gasteiger partial charge in [-0.1, -0.05) is 0 Å². The fourth-order valence-electron chi connectivity index (χ4n) is 1.76. The zero-order valence-corrected chi connectivity index (χ0v) is 9.78. The number of hydrogen-bond acceptors (Lipinski definition) is 4. The van der Waals surface area contributed by atoms with Crippen LogP contribution in [0.2, 0.25) is 0 Å². The van der Waals surface area contributed by atoms with Gasteiger partial charge in [0.2, 0.25) is 0 Å². The molecule has 2 rings (SSSR count). The van der Waals surface area contributed by atoms with Gasteiger partial charge in [0.05, 0.1) is 27.4 Å². The third kappa shape index (κ3) is 1.74. The molecule has 0 aromatic heterocycles. The number of ether oxygens (including phenoxy) is 4. The van der Waals surface area contributed by atoms with Crippen molar-refractivity contribution in [3.05, 3.63) is 23.8 Å². The summed E-state index contributed by atoms with van der Waals surface area (Å²) in [7, 11) is 4.96. The van der Waals surface area contributed by atoms with Gasteiger partial charge in [-0.3, -0.25) is 0 Å². The van der Waals surface area contributed by atoms with Crippen LogP contribution in [0, 0.1) is 0 Å². The van der Waals surface area contributed by atoms with Crippen LogP contribution in [0.1, 0.15) is 5.56 Å². The summed E-state index contributed by atoms with van der Waals surface area (Å²) in [6, 6.07) is 5.75. The van der Waals surface area contributed by atoms with Crippen LogP contribution in [0.3, 0.4) is 0 Å². The monoisotopic (exact) mass is 224 g/mol. The van der Waals surface area contributed by atoms with Crippen LogP contribution in [0.4, 0.5) is 0 Å². The van der Waals surface area contributed by atoms with Gasteiger partial charge in [-0.05, 0) is 17.7 Å². The zero-order chi connectivity index (χ0) is 11.6. The highest BCUT2D eigenvalue weighted by Gasteiger charge is 2.41. The summed E-state index contributed by atoms with van der Waals surface area (Å²) >= 11 is 0. The average Bonchev–Trinajstić information content (AvgIpc) is 2.28. The van der Waals surface area contributed by atoms with E-state index in [1.54, 1.807) is 21.3 Å². The van der Waals surface area contributed by atoms with Gasteiger partial charge < -0.3 is 18.9 Å². The minimum atomic E-state index is -0.345. The maximum Gasteiger partial charge on any atom is 0.139 e. The van der Waals surface area contributed by atoms with Crippen LogP contribution in [-0.2, 0) is 15.1 Å². The molecule has 1 aliphatic rings. The molecule has 1 aromatic rings. The Labute approximate surface area is 95.1 Å². The maximum atomic E-state index is 5.52. The third-order valence-electron chi connectivity index (χ3n) is 2.94. The van der Waals surface area contributed by atoms with Crippen molar-refractivity contribution in [1.29, 1.82) is 0 Å². The van der Waals surface area contributed by atoms with Crippen molar-refractivity contribution in [1.82, 2.24) is 0 Å². The minimum Gasteiger partial charge on any atom is -0.497 e. The van der Waals surface area contributed by atoms with Crippen molar-refractivity contribution in [3.63, 3.8) is 0 Å². The molecule has 4 nitrogen and oxygen atoms in total. The summed E-state index contributed by atoms with van der Waals surface area (Å²) < 4.78 is 21.2. The van der Waals surface area contributed by atoms with Gasteiger partial charge in [0.25, 0.3) is 0 Å². The summed E-state index contributed by atoms with van der Waals surface area (Å²) in [5.41, 5.74) is 0.680. The molecule has 0 radical (unpaired) electrons. The Morgan fingerprint density at radius 3 is 1.88 bits per heavy atom. The first kappa shape index (κ1) is 11.2. The number of rotatable bonds is 4. The van der Waals surface area contributed by atoms with Crippen molar-refractivity contribution in [2.75, 3.05) is 34.5 Å². The van der Waals surface area contributed by atoms with Crippen LogP contribution in [-0.4, -0.2) is 34.5 Å². The smallest absolute Gasteiger partial charge is 0.139 e. The van der Waals surface area contributed by atoms with Crippen molar-refractivity contribution >= 4 is 0 Å². The number of benzene rings is 1. The van der Waals surface area contributed by atoms with Gasteiger partial charge in [-0.15, -0.1) is 0 Å². The van der Waals surface area contributed by atoms with Gasteiger partial charge in [0.15, 0.2) is 0 Å². The second-order valence-corrected chi connectivity index (χ2v) is 3.79. The molecule has 1 aromatic carbocycles. The first-order valence-corrected chi connectivity index (χ1v) is 5.10. The summed E-state index contributed by atoms with van der Waals surface area (Å²) in [6.45, 7) is 1.14. The largest absolute Gasteiger partial charge is 0.497 e. The lowest BCUT2D eigenvalue weighted by atomic mass is 9.91. The fourth-order valence-corrected chi connectivity index (χ4v) is 1.76. The topological polar surface area (TPSA) is 36.9 Å². The molecule has 1 heterocycles. The van der Waals surface area contributed by atoms with E-state index in [0.717, 1.165) is 17.1 Å². The number of hydrogen-bond donors (Lipinski definition) is 0. The molecule has 1 fully saturated rings. The molecule has 0 bridgehead atoms. The van der Waals surface area contributed by atoms with Crippen molar-refractivity contribution in [2.45, 2.75) is 5.60 Å². The van der Waals surface area contributed by atoms with E-state index in [1.165, 1.54) is 0 Å². The molecular formula is C12H16O4. The first-order chi connectivity index (χ1) is 7.74. The first-order valence-electron chi connectivity index (χ1n) is 5.10. The van der Waals surface area contributed by atoms with E-state index in [1.807, 2.05) is 18.2 Å². The van der Waals surface area contributed by atoms with Crippen LogP contribution >= 0.6 is 0 Å². The Kier molecular flexibility index (Phi) is 3.03. The highest BCUT2D eigenvalue weighted by Crippen LogP contribution is 2.37. The Hall–Kier alpha value is -1.26. The van der Waals surface area contributed by atoms with Gasteiger partial charge in [0.1, 0.15) is 17.1 Å². The van der Waals surface area contributed by atoms with Gasteiger partial charge in [-0.2, -0.15) is 0 Å². The van der Waals surface area contributed by atoms with E-state index < -0.39 is 0 Å². The second-order valence-electron chi connectivity index (χ2n) is 3.79. The number of methoxy groups -OCH3 is 3. The summed E-state index contributed by atoms with van der Waals surface area (Å²) in [5.74, 6) is 1.52. The molecule has 1 aliphatic heterocycles. The van der Waals surface area contributed by atoms with E-state index in [0.29, 0.717) is 13.2 Å². The Morgan fingerprint density at radius 2 is 1.56 bits per heavy atom. The highest BCUT2D eigenvalue weighted by atomic mass is 16.6. The predicted molar refractivity (Wildman–Crippen MR) is 59.1 cm³/mol. The van der Waals surface area contributed by atoms with Gasteiger partial charge in [0, 0.05) is 13.2 Å². The Morgan fingerprint density at radius 1 is 1.00 bits per heavy atom. The Bertz CT molecular complexity index is 344. The molecule has 0 saturated carbocycles. The molecule has 0 spiro atoms. The normalized spacial score (nSPS) is 17.7. The van der Waals surface area contributed by atoms with Crippen LogP contribution in [0.25, 0.3) is 0 Å². The standard InChI is InChI=1S/C12H16O4/c1-13-10-4-9(5-11(6-10)14-2)12(15-3)7-16-8-12/h4-6H,7-8H2,1-3H3. The lowest BCUT2D eigenvalue weighted by Crippen LogP contribution is -2.48. The van der Waals surface area contributed by atoms with E-state index in [9.17, 15) is 0 Å². The summed E-state index contributed by atoms with van der Waals surface area (Å²) in [4.78, 5) is 0. The minimum absolute atomic E-state index is 0.345. The molecule has 0 N–H and O–H groups in total. The zero-order valence-electron chi connectivity index (χ0n) is 9.78. The maximum absolute atomic E-state index is 5.52. The summed E-state index contributed by atoms with van der Waals surface area (Å²) in [5, 5.41) is 0. The van der Waals surface area contributed by atoms with Crippen molar-refractivity contribution in [2.24, 2.45) is 0 Å². The quantitative estimate of drug-likeness (QED) is 0.778. The molecule has 0 aliphatic carbocycles. The Balaban J connectivity index is 2.39. The van der Waals surface area contributed by atoms with E-state index in [-0.39, 0.29) is 5.60 Å². The molecule has 4 heteroatoms. The molecule has 16 heavy (non-hydrogen) atoms. The van der Waals surface area contributed by atoms with Crippen LogP contribution in [0.15, 0.2) is 18.2 Å². The van der Waals surface area contributed by atoms with Gasteiger partial charge in [-0.25, -0.2) is 0 Å². The lowest BCUT2D eigenvalue weighted by molar-refractivity contribution is -0.202. The summed E-state index contributed by atoms with van der Waals surface area (Å²) in [6.07, 6.45) is 0. The van der Waals surface area contributed by atoms with Crippen LogP contribution < -0.4 is 9.47 Å². The third-order valence-corrected chi connectivity index (χ3v) is 2.94. The van der Waals surface area contributed by atoms with E-state index >= 15 is 0 Å². The van der Waals surface area contributed by atoms with Crippen LogP contribution in [0.5, 0.6) is 11.5 Å². The molecule has 88 valence electrons. The predicted octanol–water partition coefficient (Wildman–Crippen LogP) is 1.58.